The molecule has 1 aromatic rings. The SMILES string of the molecule is CN(C)C1C=Cc2cccc(N)c2C1(N)N(C)C. The van der Waals surface area contributed by atoms with Gasteiger partial charge in [0.2, 0.25) is 0 Å². The molecule has 0 aliphatic heterocycles. The number of rotatable bonds is 2. The molecule has 2 rings (SSSR count). The summed E-state index contributed by atoms with van der Waals surface area (Å²) in [5.74, 6) is 0. The number of fused-ring (bicyclic) bond motifs is 1. The second kappa shape index (κ2) is 4.39. The van der Waals surface area contributed by atoms with Crippen LogP contribution in [0.15, 0.2) is 24.3 Å². The van der Waals surface area contributed by atoms with Crippen LogP contribution in [0.5, 0.6) is 0 Å². The summed E-state index contributed by atoms with van der Waals surface area (Å²) in [6.45, 7) is 0. The molecule has 0 fully saturated rings. The normalized spacial score (nSPS) is 26.7. The highest BCUT2D eigenvalue weighted by Crippen LogP contribution is 2.38. The van der Waals surface area contributed by atoms with Gasteiger partial charge in [0.15, 0.2) is 0 Å². The summed E-state index contributed by atoms with van der Waals surface area (Å²) in [6, 6.07) is 6.02. The van der Waals surface area contributed by atoms with Crippen molar-refractivity contribution >= 4 is 11.8 Å². The van der Waals surface area contributed by atoms with Gasteiger partial charge in [0, 0.05) is 11.3 Å². The van der Waals surface area contributed by atoms with E-state index in [-0.39, 0.29) is 6.04 Å². The van der Waals surface area contributed by atoms with Crippen LogP contribution in [0.1, 0.15) is 11.1 Å². The second-order valence-electron chi connectivity index (χ2n) is 5.30. The molecule has 0 aromatic heterocycles. The van der Waals surface area contributed by atoms with Crippen molar-refractivity contribution in [2.75, 3.05) is 33.9 Å². The van der Waals surface area contributed by atoms with Gasteiger partial charge in [-0.15, -0.1) is 0 Å². The van der Waals surface area contributed by atoms with Crippen molar-refractivity contribution < 1.29 is 0 Å². The predicted molar refractivity (Wildman–Crippen MR) is 76.9 cm³/mol. The fourth-order valence-electron chi connectivity index (χ4n) is 2.73. The molecule has 4 heteroatoms. The van der Waals surface area contributed by atoms with Crippen LogP contribution in [0.25, 0.3) is 6.08 Å². The first-order valence-electron chi connectivity index (χ1n) is 6.09. The highest BCUT2D eigenvalue weighted by atomic mass is 15.3. The lowest BCUT2D eigenvalue weighted by molar-refractivity contribution is 0.0743. The number of likely N-dealkylation sites (N-methyl/N-ethyl adjacent to an activating group) is 2. The maximum atomic E-state index is 6.71. The van der Waals surface area contributed by atoms with Crippen LogP contribution in [0, 0.1) is 0 Å². The zero-order chi connectivity index (χ0) is 13.5. The molecule has 1 aromatic carbocycles. The van der Waals surface area contributed by atoms with Crippen molar-refractivity contribution in [3.63, 3.8) is 0 Å². The molecule has 0 heterocycles. The molecule has 0 radical (unpaired) electrons. The number of hydrogen-bond acceptors (Lipinski definition) is 4. The van der Waals surface area contributed by atoms with Gasteiger partial charge in [-0.2, -0.15) is 0 Å². The van der Waals surface area contributed by atoms with Crippen LogP contribution in [0.4, 0.5) is 5.69 Å². The van der Waals surface area contributed by atoms with Gasteiger partial charge >= 0.3 is 0 Å². The fraction of sp³-hybridized carbons (Fsp3) is 0.429. The summed E-state index contributed by atoms with van der Waals surface area (Å²) in [6.07, 6.45) is 4.24. The van der Waals surface area contributed by atoms with Crippen molar-refractivity contribution in [3.05, 3.63) is 35.4 Å². The van der Waals surface area contributed by atoms with Crippen LogP contribution >= 0.6 is 0 Å². The number of hydrogen-bond donors (Lipinski definition) is 2. The average Bonchev–Trinajstić information content (AvgIpc) is 2.28. The van der Waals surface area contributed by atoms with Crippen LogP contribution < -0.4 is 11.5 Å². The van der Waals surface area contributed by atoms with Gasteiger partial charge in [0.1, 0.15) is 5.66 Å². The Morgan fingerprint density at radius 3 is 2.39 bits per heavy atom. The van der Waals surface area contributed by atoms with E-state index >= 15 is 0 Å². The van der Waals surface area contributed by atoms with Gasteiger partial charge in [0.05, 0.1) is 6.04 Å². The van der Waals surface area contributed by atoms with E-state index in [9.17, 15) is 0 Å². The van der Waals surface area contributed by atoms with Crippen molar-refractivity contribution in [3.8, 4) is 0 Å². The van der Waals surface area contributed by atoms with Crippen LogP contribution in [-0.2, 0) is 5.66 Å². The summed E-state index contributed by atoms with van der Waals surface area (Å²) >= 11 is 0. The second-order valence-corrected chi connectivity index (χ2v) is 5.30. The Kier molecular flexibility index (Phi) is 3.19. The molecule has 0 amide bonds. The fourth-order valence-corrected chi connectivity index (χ4v) is 2.73. The standard InChI is InChI=1S/C14H22N4/c1-17(2)12-9-8-10-6-5-7-11(15)13(10)14(12,16)18(3)4/h5-9,12H,15-16H2,1-4H3. The maximum Gasteiger partial charge on any atom is 0.117 e. The molecule has 0 saturated heterocycles. The van der Waals surface area contributed by atoms with Gasteiger partial charge < -0.3 is 11.5 Å². The molecule has 1 aliphatic rings. The first-order chi connectivity index (χ1) is 8.39. The molecule has 0 saturated carbocycles. The lowest BCUT2D eigenvalue weighted by Gasteiger charge is -2.47. The zero-order valence-electron chi connectivity index (χ0n) is 11.5. The summed E-state index contributed by atoms with van der Waals surface area (Å²) in [7, 11) is 8.05. The molecular weight excluding hydrogens is 224 g/mol. The number of nitrogen functional groups attached to an aromatic ring is 1. The molecule has 0 bridgehead atoms. The lowest BCUT2D eigenvalue weighted by Crippen LogP contribution is -2.62. The Balaban J connectivity index is 2.68. The Morgan fingerprint density at radius 2 is 1.83 bits per heavy atom. The summed E-state index contributed by atoms with van der Waals surface area (Å²) < 4.78 is 0. The average molecular weight is 246 g/mol. The molecule has 2 unspecified atom stereocenters. The lowest BCUT2D eigenvalue weighted by atomic mass is 9.81. The van der Waals surface area contributed by atoms with Crippen LogP contribution in [0.2, 0.25) is 0 Å². The Morgan fingerprint density at radius 1 is 1.17 bits per heavy atom. The summed E-state index contributed by atoms with van der Waals surface area (Å²) in [4.78, 5) is 4.16. The zero-order valence-corrected chi connectivity index (χ0v) is 11.5. The largest absolute Gasteiger partial charge is 0.398 e. The van der Waals surface area contributed by atoms with Crippen molar-refractivity contribution in [1.29, 1.82) is 0 Å². The van der Waals surface area contributed by atoms with Crippen LogP contribution in [-0.4, -0.2) is 44.0 Å². The maximum absolute atomic E-state index is 6.71. The van der Waals surface area contributed by atoms with E-state index in [2.05, 4.69) is 23.1 Å². The highest BCUT2D eigenvalue weighted by molar-refractivity contribution is 5.68. The van der Waals surface area contributed by atoms with E-state index in [1.165, 1.54) is 0 Å². The Bertz CT molecular complexity index is 479. The van der Waals surface area contributed by atoms with Crippen LogP contribution in [0.3, 0.4) is 0 Å². The molecule has 1 aliphatic carbocycles. The minimum Gasteiger partial charge on any atom is -0.398 e. The molecule has 4 nitrogen and oxygen atoms in total. The van der Waals surface area contributed by atoms with Crippen molar-refractivity contribution in [1.82, 2.24) is 9.80 Å². The topological polar surface area (TPSA) is 58.5 Å². The van der Waals surface area contributed by atoms with E-state index < -0.39 is 5.66 Å². The quantitative estimate of drug-likeness (QED) is 0.601. The first-order valence-corrected chi connectivity index (χ1v) is 6.09. The third kappa shape index (κ3) is 1.73. The smallest absolute Gasteiger partial charge is 0.117 e. The van der Waals surface area contributed by atoms with E-state index in [1.54, 1.807) is 0 Å². The third-order valence-electron chi connectivity index (χ3n) is 3.73. The van der Waals surface area contributed by atoms with E-state index in [0.29, 0.717) is 0 Å². The van der Waals surface area contributed by atoms with E-state index in [4.69, 9.17) is 11.5 Å². The molecule has 4 N–H and O–H groups in total. The predicted octanol–water partition coefficient (Wildman–Crippen LogP) is 0.899. The minimum absolute atomic E-state index is 0.0877. The number of anilines is 1. The van der Waals surface area contributed by atoms with E-state index in [1.807, 2.05) is 45.2 Å². The molecule has 18 heavy (non-hydrogen) atoms. The first kappa shape index (κ1) is 13.1. The van der Waals surface area contributed by atoms with Gasteiger partial charge in [-0.1, -0.05) is 24.3 Å². The minimum atomic E-state index is -0.612. The Hall–Kier alpha value is -1.36. The number of nitrogens with two attached hydrogens (primary N) is 2. The third-order valence-corrected chi connectivity index (χ3v) is 3.73. The molecule has 98 valence electrons. The van der Waals surface area contributed by atoms with Gasteiger partial charge in [-0.05, 0) is 39.8 Å². The van der Waals surface area contributed by atoms with Gasteiger partial charge in [0.25, 0.3) is 0 Å². The number of nitrogens with zero attached hydrogens (tertiary/aromatic N) is 2. The Labute approximate surface area is 109 Å². The highest BCUT2D eigenvalue weighted by Gasteiger charge is 2.43. The monoisotopic (exact) mass is 246 g/mol. The molecule has 0 spiro atoms. The summed E-state index contributed by atoms with van der Waals surface area (Å²) in [5, 5.41) is 0. The van der Waals surface area contributed by atoms with Crippen molar-refractivity contribution in [2.45, 2.75) is 11.7 Å². The molecule has 2 atom stereocenters. The van der Waals surface area contributed by atoms with Gasteiger partial charge in [-0.25, -0.2) is 0 Å². The van der Waals surface area contributed by atoms with Gasteiger partial charge in [-0.3, -0.25) is 9.80 Å². The summed E-state index contributed by atoms with van der Waals surface area (Å²) in [5.41, 5.74) is 15.1. The molecular formula is C14H22N4. The van der Waals surface area contributed by atoms with E-state index in [0.717, 1.165) is 16.8 Å². The number of benzene rings is 1. The van der Waals surface area contributed by atoms with Crippen molar-refractivity contribution in [2.24, 2.45) is 5.73 Å².